The van der Waals surface area contributed by atoms with Crippen LogP contribution < -0.4 is 9.62 Å². The van der Waals surface area contributed by atoms with Gasteiger partial charge in [0.25, 0.3) is 0 Å². The molecule has 0 radical (unpaired) electrons. The molecule has 3 aromatic rings. The summed E-state index contributed by atoms with van der Waals surface area (Å²) in [6.45, 7) is 7.05. The summed E-state index contributed by atoms with van der Waals surface area (Å²) in [5.41, 5.74) is 3.52. The van der Waals surface area contributed by atoms with Crippen LogP contribution in [0.4, 0.5) is 5.69 Å². The number of sulfonamides is 1. The van der Waals surface area contributed by atoms with E-state index >= 15 is 0 Å². The first-order valence-corrected chi connectivity index (χ1v) is 16.0. The number of anilines is 1. The van der Waals surface area contributed by atoms with E-state index in [2.05, 4.69) is 5.32 Å². The van der Waals surface area contributed by atoms with Crippen LogP contribution in [0.5, 0.6) is 0 Å². The fourth-order valence-electron chi connectivity index (χ4n) is 4.51. The predicted octanol–water partition coefficient (Wildman–Crippen LogP) is 5.93. The van der Waals surface area contributed by atoms with Gasteiger partial charge in [0.05, 0.1) is 11.9 Å². The number of carbonyl (C=O) groups excluding carboxylic acids is 2. The van der Waals surface area contributed by atoms with Gasteiger partial charge in [0.2, 0.25) is 21.8 Å². The number of benzene rings is 3. The van der Waals surface area contributed by atoms with Crippen molar-refractivity contribution in [2.45, 2.75) is 59.2 Å². The van der Waals surface area contributed by atoms with E-state index in [4.69, 9.17) is 23.2 Å². The van der Waals surface area contributed by atoms with Crippen LogP contribution in [-0.4, -0.2) is 50.0 Å². The Morgan fingerprint density at radius 3 is 2.24 bits per heavy atom. The second-order valence-corrected chi connectivity index (χ2v) is 13.1. The molecule has 0 spiro atoms. The van der Waals surface area contributed by atoms with Gasteiger partial charge >= 0.3 is 0 Å². The number of carbonyl (C=O) groups is 2. The molecule has 0 saturated heterocycles. The van der Waals surface area contributed by atoms with Crippen LogP contribution in [0.15, 0.2) is 66.7 Å². The summed E-state index contributed by atoms with van der Waals surface area (Å²) < 4.78 is 27.1. The Morgan fingerprint density at radius 2 is 1.66 bits per heavy atom. The molecule has 0 aliphatic heterocycles. The van der Waals surface area contributed by atoms with E-state index in [1.807, 2.05) is 57.2 Å². The molecule has 220 valence electrons. The van der Waals surface area contributed by atoms with Crippen molar-refractivity contribution in [3.8, 4) is 0 Å². The molecule has 3 aromatic carbocycles. The van der Waals surface area contributed by atoms with Crippen LogP contribution in [-0.2, 0) is 32.6 Å². The highest BCUT2D eigenvalue weighted by atomic mass is 35.5. The number of halogens is 2. The van der Waals surface area contributed by atoms with Gasteiger partial charge in [-0.1, -0.05) is 84.2 Å². The molecule has 10 heteroatoms. The third-order valence-corrected chi connectivity index (χ3v) is 8.64. The Labute approximate surface area is 253 Å². The van der Waals surface area contributed by atoms with E-state index in [9.17, 15) is 18.0 Å². The van der Waals surface area contributed by atoms with Crippen LogP contribution in [0.2, 0.25) is 10.0 Å². The highest BCUT2D eigenvalue weighted by Crippen LogP contribution is 2.27. The zero-order valence-electron chi connectivity index (χ0n) is 24.0. The van der Waals surface area contributed by atoms with Gasteiger partial charge < -0.3 is 10.2 Å². The minimum atomic E-state index is -3.85. The first-order chi connectivity index (χ1) is 19.3. The Morgan fingerprint density at radius 1 is 0.976 bits per heavy atom. The van der Waals surface area contributed by atoms with Gasteiger partial charge in [-0.25, -0.2) is 8.42 Å². The molecule has 2 amide bonds. The fourth-order valence-corrected chi connectivity index (χ4v) is 5.88. The molecule has 3 rings (SSSR count). The molecule has 0 bridgehead atoms. The zero-order valence-corrected chi connectivity index (χ0v) is 26.4. The van der Waals surface area contributed by atoms with Gasteiger partial charge in [-0.05, 0) is 62.1 Å². The Bertz CT molecular complexity index is 1480. The number of hydrogen-bond acceptors (Lipinski definition) is 4. The van der Waals surface area contributed by atoms with Crippen molar-refractivity contribution in [1.82, 2.24) is 10.2 Å². The second kappa shape index (κ2) is 14.2. The van der Waals surface area contributed by atoms with Crippen LogP contribution in [0.25, 0.3) is 0 Å². The highest BCUT2D eigenvalue weighted by molar-refractivity contribution is 7.92. The van der Waals surface area contributed by atoms with Gasteiger partial charge in [0.1, 0.15) is 12.6 Å². The maximum atomic E-state index is 14.2. The molecule has 41 heavy (non-hydrogen) atoms. The lowest BCUT2D eigenvalue weighted by molar-refractivity contribution is -0.140. The van der Waals surface area contributed by atoms with Gasteiger partial charge in [0.15, 0.2) is 0 Å². The maximum Gasteiger partial charge on any atom is 0.244 e. The summed E-state index contributed by atoms with van der Waals surface area (Å²) in [5.74, 6) is -0.874. The van der Waals surface area contributed by atoms with Crippen LogP contribution in [0.3, 0.4) is 0 Å². The minimum Gasteiger partial charge on any atom is -0.352 e. The molecule has 0 saturated carbocycles. The normalized spacial score (nSPS) is 12.9. The number of nitrogens with zero attached hydrogens (tertiary/aromatic N) is 2. The third-order valence-electron chi connectivity index (χ3n) is 6.93. The first kappa shape index (κ1) is 32.4. The molecule has 1 N–H and O–H groups in total. The molecule has 0 aliphatic carbocycles. The lowest BCUT2D eigenvalue weighted by Crippen LogP contribution is -2.54. The largest absolute Gasteiger partial charge is 0.352 e. The lowest BCUT2D eigenvalue weighted by Gasteiger charge is -2.34. The Hall–Kier alpha value is -3.07. The molecule has 0 fully saturated rings. The second-order valence-electron chi connectivity index (χ2n) is 10.3. The quantitative estimate of drug-likeness (QED) is 0.273. The average Bonchev–Trinajstić information content (AvgIpc) is 2.90. The molecule has 0 heterocycles. The lowest BCUT2D eigenvalue weighted by atomic mass is 10.0. The van der Waals surface area contributed by atoms with Crippen molar-refractivity contribution >= 4 is 50.7 Å². The molecule has 0 aromatic heterocycles. The number of nitrogens with one attached hydrogen (secondary N) is 1. The van der Waals surface area contributed by atoms with Crippen LogP contribution >= 0.6 is 23.2 Å². The number of amides is 2. The molecular formula is C31H37Cl2N3O4S. The first-order valence-electron chi connectivity index (χ1n) is 13.4. The maximum absolute atomic E-state index is 14.2. The van der Waals surface area contributed by atoms with Gasteiger partial charge in [-0.2, -0.15) is 0 Å². The van der Waals surface area contributed by atoms with Crippen LogP contribution in [0.1, 0.15) is 42.5 Å². The number of rotatable bonds is 12. The van der Waals surface area contributed by atoms with E-state index < -0.39 is 28.5 Å². The summed E-state index contributed by atoms with van der Waals surface area (Å²) in [5, 5.41) is 3.78. The highest BCUT2D eigenvalue weighted by Gasteiger charge is 2.34. The fraction of sp³-hybridized carbons (Fsp3) is 0.355. The van der Waals surface area contributed by atoms with Crippen molar-refractivity contribution < 1.29 is 18.0 Å². The predicted molar refractivity (Wildman–Crippen MR) is 167 cm³/mol. The van der Waals surface area contributed by atoms with Crippen molar-refractivity contribution in [2.75, 3.05) is 17.1 Å². The number of hydrogen-bond donors (Lipinski definition) is 1. The molecule has 7 nitrogen and oxygen atoms in total. The van der Waals surface area contributed by atoms with Crippen molar-refractivity contribution in [2.24, 2.45) is 0 Å². The summed E-state index contributed by atoms with van der Waals surface area (Å²) in [6, 6.07) is 18.6. The SMILES string of the molecule is CC[C@@H](C)NC(=O)[C@@H](Cc1ccccc1)N(Cc1ccc(Cl)cc1Cl)C(=O)CN(c1ccc(C)cc1C)S(C)(=O)=O. The number of aryl methyl sites for hydroxylation is 2. The third kappa shape index (κ3) is 8.96. The summed E-state index contributed by atoms with van der Waals surface area (Å²) in [4.78, 5) is 29.4. The van der Waals surface area contributed by atoms with Crippen molar-refractivity contribution in [3.05, 3.63) is 99.0 Å². The van der Waals surface area contributed by atoms with Gasteiger partial charge in [-0.3, -0.25) is 13.9 Å². The average molecular weight is 619 g/mol. The van der Waals surface area contributed by atoms with Crippen LogP contribution in [0, 0.1) is 13.8 Å². The monoisotopic (exact) mass is 617 g/mol. The van der Waals surface area contributed by atoms with E-state index in [0.717, 1.165) is 21.7 Å². The van der Waals surface area contributed by atoms with Gasteiger partial charge in [0, 0.05) is 29.1 Å². The van der Waals surface area contributed by atoms with E-state index in [0.29, 0.717) is 33.3 Å². The van der Waals surface area contributed by atoms with E-state index in [1.165, 1.54) is 4.90 Å². The smallest absolute Gasteiger partial charge is 0.244 e. The summed E-state index contributed by atoms with van der Waals surface area (Å²) >= 11 is 12.6. The van der Waals surface area contributed by atoms with Crippen molar-refractivity contribution in [3.63, 3.8) is 0 Å². The molecule has 0 aliphatic rings. The Kier molecular flexibility index (Phi) is 11.2. The van der Waals surface area contributed by atoms with E-state index in [1.54, 1.807) is 37.3 Å². The molecule has 0 unspecified atom stereocenters. The molecular weight excluding hydrogens is 581 g/mol. The van der Waals surface area contributed by atoms with E-state index in [-0.39, 0.29) is 24.9 Å². The molecule has 2 atom stereocenters. The topological polar surface area (TPSA) is 86.8 Å². The van der Waals surface area contributed by atoms with Gasteiger partial charge in [-0.15, -0.1) is 0 Å². The summed E-state index contributed by atoms with van der Waals surface area (Å²) in [7, 11) is -3.85. The Balaban J connectivity index is 2.11. The van der Waals surface area contributed by atoms with Crippen molar-refractivity contribution in [1.29, 1.82) is 0 Å². The zero-order chi connectivity index (χ0) is 30.3. The minimum absolute atomic E-state index is 0.0231. The summed E-state index contributed by atoms with van der Waals surface area (Å²) in [6.07, 6.45) is 1.99. The standard InChI is InChI=1S/C31H37Cl2N3O4S/c1-6-23(4)34-31(38)29(17-24-10-8-7-9-11-24)35(19-25-13-14-26(32)18-27(25)33)30(37)20-36(41(5,39)40)28-15-12-21(2)16-22(28)3/h7-16,18,23,29H,6,17,19-20H2,1-5H3,(H,34,38)/t23-,29-/m1/s1.